The van der Waals surface area contributed by atoms with Crippen molar-refractivity contribution >= 4 is 33.1 Å². The number of benzene rings is 1. The Balaban J connectivity index is 1.94. The average molecular weight is 392 g/mol. The molecule has 2 N–H and O–H groups in total. The van der Waals surface area contributed by atoms with E-state index in [2.05, 4.69) is 20.6 Å². The molecular formula is C19H22F2N4OS. The molecule has 2 heterocycles. The Morgan fingerprint density at radius 3 is 2.48 bits per heavy atom. The van der Waals surface area contributed by atoms with Crippen molar-refractivity contribution in [3.05, 3.63) is 46.6 Å². The normalized spacial score (nSPS) is 13.9. The first-order valence-electron chi connectivity index (χ1n) is 8.55. The molecule has 1 aromatic carbocycles. The van der Waals surface area contributed by atoms with Gasteiger partial charge >= 0.3 is 0 Å². The van der Waals surface area contributed by atoms with Gasteiger partial charge in [0.05, 0.1) is 29.0 Å². The van der Waals surface area contributed by atoms with Crippen molar-refractivity contribution in [2.75, 3.05) is 19.5 Å². The molecule has 3 rings (SSSR count). The molecule has 8 heteroatoms. The smallest absolute Gasteiger partial charge is 0.257 e. The number of hydrogen-bond acceptors (Lipinski definition) is 6. The Kier molecular flexibility index (Phi) is 5.98. The highest BCUT2D eigenvalue weighted by Crippen LogP contribution is 2.35. The molecule has 0 spiro atoms. The predicted octanol–water partition coefficient (Wildman–Crippen LogP) is 4.98. The number of rotatable bonds is 7. The second-order valence-electron chi connectivity index (χ2n) is 6.20. The van der Waals surface area contributed by atoms with E-state index >= 15 is 0 Å². The Bertz CT molecular complexity index is 914. The summed E-state index contributed by atoms with van der Waals surface area (Å²) in [6.07, 6.45) is -0.886. The first-order valence-corrected chi connectivity index (χ1v) is 9.37. The van der Waals surface area contributed by atoms with Crippen molar-refractivity contribution < 1.29 is 13.5 Å². The highest BCUT2D eigenvalue weighted by atomic mass is 32.1. The van der Waals surface area contributed by atoms with Gasteiger partial charge in [0.1, 0.15) is 10.3 Å². The van der Waals surface area contributed by atoms with Gasteiger partial charge in [0.25, 0.3) is 6.43 Å². The van der Waals surface area contributed by atoms with Crippen LogP contribution in [0.2, 0.25) is 0 Å². The molecular weight excluding hydrogens is 370 g/mol. The van der Waals surface area contributed by atoms with Crippen molar-refractivity contribution in [1.82, 2.24) is 15.3 Å². The van der Waals surface area contributed by atoms with Gasteiger partial charge in [0.15, 0.2) is 0 Å². The quantitative estimate of drug-likeness (QED) is 0.594. The second kappa shape index (κ2) is 8.24. The highest BCUT2D eigenvalue weighted by molar-refractivity contribution is 7.18. The van der Waals surface area contributed by atoms with Crippen LogP contribution in [0, 0.1) is 6.92 Å². The van der Waals surface area contributed by atoms with E-state index in [9.17, 15) is 8.78 Å². The summed E-state index contributed by atoms with van der Waals surface area (Å²) in [5.41, 5.74) is 3.85. The van der Waals surface area contributed by atoms with Crippen LogP contribution in [0.1, 0.15) is 35.2 Å². The summed E-state index contributed by atoms with van der Waals surface area (Å²) in [7, 11) is 3.18. The Morgan fingerprint density at radius 2 is 1.89 bits per heavy atom. The first kappa shape index (κ1) is 19.6. The van der Waals surface area contributed by atoms with E-state index in [1.54, 1.807) is 37.6 Å². The molecule has 0 amide bonds. The standard InChI is InChI=1S/C19H22F2N4OS/c1-10(26-4)15-14(9-23-19-17(15)24-11(2)27-19)25-13-7-5-12(6-8-13)16(22-3)18(20)21/h5-10,16,18,22,25H,1-4H3/t10-,16-/m0/s1. The number of methoxy groups -OCH3 is 1. The highest BCUT2D eigenvalue weighted by Gasteiger charge is 2.21. The Labute approximate surface area is 160 Å². The molecule has 0 aliphatic carbocycles. The minimum atomic E-state index is -2.47. The number of aryl methyl sites for hydroxylation is 1. The van der Waals surface area contributed by atoms with Crippen LogP contribution < -0.4 is 10.6 Å². The third-order valence-corrected chi connectivity index (χ3v) is 5.32. The second-order valence-corrected chi connectivity index (χ2v) is 7.38. The maximum atomic E-state index is 13.1. The summed E-state index contributed by atoms with van der Waals surface area (Å²) in [5.74, 6) is 0. The average Bonchev–Trinajstić information content (AvgIpc) is 3.03. The van der Waals surface area contributed by atoms with Gasteiger partial charge in [0.2, 0.25) is 0 Å². The van der Waals surface area contributed by atoms with E-state index in [-0.39, 0.29) is 6.10 Å². The molecule has 0 aliphatic rings. The molecule has 0 bridgehead atoms. The van der Waals surface area contributed by atoms with Crippen LogP contribution in [0.25, 0.3) is 10.3 Å². The van der Waals surface area contributed by atoms with Crippen LogP contribution in [-0.4, -0.2) is 30.6 Å². The van der Waals surface area contributed by atoms with Crippen LogP contribution in [0.5, 0.6) is 0 Å². The van der Waals surface area contributed by atoms with Gasteiger partial charge in [-0.15, -0.1) is 0 Å². The summed E-state index contributed by atoms with van der Waals surface area (Å²) in [6.45, 7) is 3.90. The van der Waals surface area contributed by atoms with Gasteiger partial charge in [0, 0.05) is 18.4 Å². The lowest BCUT2D eigenvalue weighted by Crippen LogP contribution is -2.23. The van der Waals surface area contributed by atoms with Crippen molar-refractivity contribution in [1.29, 1.82) is 0 Å². The van der Waals surface area contributed by atoms with Crippen LogP contribution in [0.3, 0.4) is 0 Å². The van der Waals surface area contributed by atoms with E-state index < -0.39 is 12.5 Å². The minimum Gasteiger partial charge on any atom is -0.377 e. The fourth-order valence-corrected chi connectivity index (χ4v) is 3.77. The number of hydrogen-bond donors (Lipinski definition) is 2. The molecule has 144 valence electrons. The van der Waals surface area contributed by atoms with Gasteiger partial charge in [-0.2, -0.15) is 0 Å². The van der Waals surface area contributed by atoms with Crippen molar-refractivity contribution in [2.45, 2.75) is 32.4 Å². The number of ether oxygens (including phenoxy) is 1. The summed E-state index contributed by atoms with van der Waals surface area (Å²) < 4.78 is 31.6. The van der Waals surface area contributed by atoms with E-state index in [0.29, 0.717) is 5.56 Å². The number of nitrogens with zero attached hydrogens (tertiary/aromatic N) is 2. The third-order valence-electron chi connectivity index (χ3n) is 4.44. The van der Waals surface area contributed by atoms with E-state index in [1.165, 1.54) is 18.4 Å². The number of fused-ring (bicyclic) bond motifs is 1. The zero-order valence-corrected chi connectivity index (χ0v) is 16.4. The zero-order valence-electron chi connectivity index (χ0n) is 15.6. The predicted molar refractivity (Wildman–Crippen MR) is 105 cm³/mol. The lowest BCUT2D eigenvalue weighted by atomic mass is 10.1. The largest absolute Gasteiger partial charge is 0.377 e. The third kappa shape index (κ3) is 4.07. The lowest BCUT2D eigenvalue weighted by Gasteiger charge is -2.18. The van der Waals surface area contributed by atoms with Crippen molar-refractivity contribution in [3.8, 4) is 0 Å². The topological polar surface area (TPSA) is 59.1 Å². The fourth-order valence-electron chi connectivity index (χ4n) is 3.00. The first-order chi connectivity index (χ1) is 12.9. The molecule has 3 aromatic rings. The molecule has 0 saturated carbocycles. The monoisotopic (exact) mass is 392 g/mol. The zero-order chi connectivity index (χ0) is 19.6. The molecule has 0 unspecified atom stereocenters. The number of anilines is 2. The SMILES string of the molecule is CN[C@@H](c1ccc(Nc2cnc3sc(C)nc3c2[C@H](C)OC)cc1)C(F)F. The number of alkyl halides is 2. The summed E-state index contributed by atoms with van der Waals surface area (Å²) >= 11 is 1.54. The fraction of sp³-hybridized carbons (Fsp3) is 0.368. The van der Waals surface area contributed by atoms with E-state index in [0.717, 1.165) is 32.3 Å². The van der Waals surface area contributed by atoms with Gasteiger partial charge < -0.3 is 15.4 Å². The number of aromatic nitrogens is 2. The summed E-state index contributed by atoms with van der Waals surface area (Å²) in [5, 5.41) is 6.89. The molecule has 2 atom stereocenters. The van der Waals surface area contributed by atoms with Crippen LogP contribution >= 0.6 is 11.3 Å². The van der Waals surface area contributed by atoms with Gasteiger partial charge in [-0.1, -0.05) is 23.5 Å². The summed E-state index contributed by atoms with van der Waals surface area (Å²) in [4.78, 5) is 9.95. The number of pyridine rings is 1. The minimum absolute atomic E-state index is 0.175. The van der Waals surface area contributed by atoms with E-state index in [1.807, 2.05) is 13.8 Å². The number of thiazole rings is 1. The van der Waals surface area contributed by atoms with E-state index in [4.69, 9.17) is 4.74 Å². The molecule has 27 heavy (non-hydrogen) atoms. The molecule has 2 aromatic heterocycles. The van der Waals surface area contributed by atoms with Gasteiger partial charge in [-0.25, -0.2) is 18.7 Å². The maximum absolute atomic E-state index is 13.1. The number of halogens is 2. The van der Waals surface area contributed by atoms with Crippen molar-refractivity contribution in [2.24, 2.45) is 0 Å². The van der Waals surface area contributed by atoms with Gasteiger partial charge in [-0.05, 0) is 38.6 Å². The molecule has 0 aliphatic heterocycles. The lowest BCUT2D eigenvalue weighted by molar-refractivity contribution is 0.102. The molecule has 0 fully saturated rings. The van der Waals surface area contributed by atoms with Crippen molar-refractivity contribution in [3.63, 3.8) is 0 Å². The van der Waals surface area contributed by atoms with Crippen LogP contribution in [0.15, 0.2) is 30.5 Å². The Hall–Kier alpha value is -2.16. The summed E-state index contributed by atoms with van der Waals surface area (Å²) in [6, 6.07) is 5.95. The van der Waals surface area contributed by atoms with Crippen LogP contribution in [-0.2, 0) is 4.74 Å². The Morgan fingerprint density at radius 1 is 1.19 bits per heavy atom. The maximum Gasteiger partial charge on any atom is 0.257 e. The van der Waals surface area contributed by atoms with Crippen LogP contribution in [0.4, 0.5) is 20.2 Å². The van der Waals surface area contributed by atoms with Gasteiger partial charge in [-0.3, -0.25) is 0 Å². The molecule has 5 nitrogen and oxygen atoms in total. The molecule has 0 saturated heterocycles. The number of nitrogens with one attached hydrogen (secondary N) is 2. The molecule has 0 radical (unpaired) electrons.